The maximum Gasteiger partial charge on any atom is 0.0410 e. The van der Waals surface area contributed by atoms with Gasteiger partial charge in [0.15, 0.2) is 0 Å². The summed E-state index contributed by atoms with van der Waals surface area (Å²) in [5.41, 5.74) is 2.37. The number of hydrogen-bond acceptors (Lipinski definition) is 2. The zero-order valence-corrected chi connectivity index (χ0v) is 7.95. The Hall–Kier alpha value is -0.960. The molecule has 1 aliphatic heterocycles. The quantitative estimate of drug-likeness (QED) is 0.718. The van der Waals surface area contributed by atoms with E-state index in [1.807, 2.05) is 24.7 Å². The first-order valence-corrected chi connectivity index (χ1v) is 4.47. The number of aliphatic imine (C=N–C) groups is 1. The third-order valence-electron chi connectivity index (χ3n) is 1.72. The van der Waals surface area contributed by atoms with Crippen LogP contribution in [0.25, 0.3) is 5.57 Å². The van der Waals surface area contributed by atoms with Gasteiger partial charge in [0.05, 0.1) is 0 Å². The van der Waals surface area contributed by atoms with Gasteiger partial charge in [-0.25, -0.2) is 0 Å². The fourth-order valence-corrected chi connectivity index (χ4v) is 1.49. The van der Waals surface area contributed by atoms with Gasteiger partial charge in [0, 0.05) is 35.7 Å². The fraction of sp³-hybridized carbons (Fsp3) is 0.111. The number of halogens is 1. The van der Waals surface area contributed by atoms with Crippen LogP contribution in [0, 0.1) is 0 Å². The second-order valence-corrected chi connectivity index (χ2v) is 3.50. The van der Waals surface area contributed by atoms with Gasteiger partial charge in [0.25, 0.3) is 0 Å². The molecule has 0 N–H and O–H groups in total. The van der Waals surface area contributed by atoms with Crippen molar-refractivity contribution < 1.29 is 0 Å². The summed E-state index contributed by atoms with van der Waals surface area (Å²) in [6.45, 7) is 0. The Morgan fingerprint density at radius 2 is 2.25 bits per heavy atom. The van der Waals surface area contributed by atoms with Gasteiger partial charge in [-0.15, -0.1) is 0 Å². The number of rotatable bonds is 1. The van der Waals surface area contributed by atoms with Crippen LogP contribution in [0.5, 0.6) is 0 Å². The molecule has 1 aliphatic rings. The van der Waals surface area contributed by atoms with Crippen LogP contribution in [0.3, 0.4) is 0 Å². The van der Waals surface area contributed by atoms with E-state index < -0.39 is 0 Å². The molecule has 0 fully saturated rings. The summed E-state index contributed by atoms with van der Waals surface area (Å²) in [5, 5.41) is 0. The van der Waals surface area contributed by atoms with Crippen molar-refractivity contribution in [2.45, 2.75) is 6.42 Å². The van der Waals surface area contributed by atoms with Crippen LogP contribution >= 0.6 is 15.9 Å². The maximum atomic E-state index is 4.09. The van der Waals surface area contributed by atoms with Gasteiger partial charge < -0.3 is 0 Å². The van der Waals surface area contributed by atoms with E-state index in [-0.39, 0.29) is 0 Å². The molecule has 0 atom stereocenters. The molecule has 0 radical (unpaired) electrons. The van der Waals surface area contributed by atoms with Crippen LogP contribution in [0.15, 0.2) is 34.1 Å². The molecule has 0 unspecified atom stereocenters. The Kier molecular flexibility index (Phi) is 2.04. The molecular formula is C9H7BrN2. The normalized spacial score (nSPS) is 14.9. The molecule has 0 saturated heterocycles. The predicted octanol–water partition coefficient (Wildman–Crippen LogP) is 2.66. The molecule has 0 amide bonds. The Balaban J connectivity index is 2.35. The third-order valence-corrected chi connectivity index (χ3v) is 2.16. The van der Waals surface area contributed by atoms with Crippen LogP contribution in [-0.4, -0.2) is 11.2 Å². The van der Waals surface area contributed by atoms with E-state index >= 15 is 0 Å². The molecule has 3 heteroatoms. The van der Waals surface area contributed by atoms with E-state index in [0.717, 1.165) is 16.5 Å². The third kappa shape index (κ3) is 1.46. The van der Waals surface area contributed by atoms with Crippen molar-refractivity contribution in [1.82, 2.24) is 4.98 Å². The molecule has 60 valence electrons. The van der Waals surface area contributed by atoms with Crippen molar-refractivity contribution in [3.8, 4) is 0 Å². The van der Waals surface area contributed by atoms with Gasteiger partial charge in [-0.3, -0.25) is 9.98 Å². The highest BCUT2D eigenvalue weighted by Crippen LogP contribution is 2.22. The lowest BCUT2D eigenvalue weighted by Crippen LogP contribution is -1.83. The van der Waals surface area contributed by atoms with Gasteiger partial charge in [0.2, 0.25) is 0 Å². The minimum Gasteiger partial charge on any atom is -0.268 e. The van der Waals surface area contributed by atoms with Crippen LogP contribution in [0.1, 0.15) is 12.0 Å². The summed E-state index contributed by atoms with van der Waals surface area (Å²) in [6, 6.07) is 2.05. The van der Waals surface area contributed by atoms with Crippen LogP contribution in [0.2, 0.25) is 0 Å². The van der Waals surface area contributed by atoms with E-state index in [4.69, 9.17) is 0 Å². The predicted molar refractivity (Wildman–Crippen MR) is 53.0 cm³/mol. The zero-order valence-electron chi connectivity index (χ0n) is 6.37. The van der Waals surface area contributed by atoms with Crippen molar-refractivity contribution in [2.24, 2.45) is 4.99 Å². The summed E-state index contributed by atoms with van der Waals surface area (Å²) in [4.78, 5) is 8.13. The van der Waals surface area contributed by atoms with Crippen molar-refractivity contribution in [3.63, 3.8) is 0 Å². The average molecular weight is 223 g/mol. The minimum absolute atomic E-state index is 0.915. The Labute approximate surface area is 79.2 Å². The van der Waals surface area contributed by atoms with E-state index in [1.54, 1.807) is 6.20 Å². The molecule has 2 rings (SSSR count). The van der Waals surface area contributed by atoms with Crippen molar-refractivity contribution >= 4 is 27.7 Å². The highest BCUT2D eigenvalue weighted by Gasteiger charge is 2.03. The summed E-state index contributed by atoms with van der Waals surface area (Å²) in [7, 11) is 0. The second kappa shape index (κ2) is 3.19. The van der Waals surface area contributed by atoms with E-state index in [2.05, 4.69) is 25.9 Å². The Morgan fingerprint density at radius 1 is 1.33 bits per heavy atom. The molecule has 0 saturated carbocycles. The Morgan fingerprint density at radius 3 is 2.92 bits per heavy atom. The molecule has 0 aromatic carbocycles. The SMILES string of the molecule is Brc1cncc(C2=CN=CC2)c1. The smallest absolute Gasteiger partial charge is 0.0410 e. The first-order chi connectivity index (χ1) is 5.86. The highest BCUT2D eigenvalue weighted by molar-refractivity contribution is 9.10. The summed E-state index contributed by atoms with van der Waals surface area (Å²) in [5.74, 6) is 0. The second-order valence-electron chi connectivity index (χ2n) is 2.58. The minimum atomic E-state index is 0.915. The number of aromatic nitrogens is 1. The molecule has 12 heavy (non-hydrogen) atoms. The molecule has 1 aromatic heterocycles. The molecule has 0 spiro atoms. The lowest BCUT2D eigenvalue weighted by atomic mass is 10.1. The first kappa shape index (κ1) is 7.68. The van der Waals surface area contributed by atoms with E-state index in [9.17, 15) is 0 Å². The Bertz CT molecular complexity index is 355. The van der Waals surface area contributed by atoms with Gasteiger partial charge in [0.1, 0.15) is 0 Å². The van der Waals surface area contributed by atoms with Gasteiger partial charge in [-0.2, -0.15) is 0 Å². The van der Waals surface area contributed by atoms with Crippen LogP contribution < -0.4 is 0 Å². The van der Waals surface area contributed by atoms with Gasteiger partial charge in [-0.05, 0) is 33.1 Å². The maximum absolute atomic E-state index is 4.09. The van der Waals surface area contributed by atoms with E-state index in [0.29, 0.717) is 0 Å². The van der Waals surface area contributed by atoms with Crippen molar-refractivity contribution in [1.29, 1.82) is 0 Å². The number of hydrogen-bond donors (Lipinski definition) is 0. The molecule has 0 aliphatic carbocycles. The molecule has 0 bridgehead atoms. The monoisotopic (exact) mass is 222 g/mol. The summed E-state index contributed by atoms with van der Waals surface area (Å²) >= 11 is 3.38. The zero-order chi connectivity index (χ0) is 8.39. The number of allylic oxidation sites excluding steroid dienone is 1. The standard InChI is InChI=1S/C9H7BrN2/c10-9-3-8(5-12-6-9)7-1-2-11-4-7/h2-6H,1H2. The van der Waals surface area contributed by atoms with Crippen molar-refractivity contribution in [2.75, 3.05) is 0 Å². The molecule has 1 aromatic rings. The largest absolute Gasteiger partial charge is 0.268 e. The van der Waals surface area contributed by atoms with Crippen LogP contribution in [-0.2, 0) is 0 Å². The summed E-state index contributed by atoms with van der Waals surface area (Å²) in [6.07, 6.45) is 8.32. The fourth-order valence-electron chi connectivity index (χ4n) is 1.13. The van der Waals surface area contributed by atoms with Gasteiger partial charge >= 0.3 is 0 Å². The molecule has 2 heterocycles. The topological polar surface area (TPSA) is 25.2 Å². The molecule has 2 nitrogen and oxygen atoms in total. The molecular weight excluding hydrogens is 216 g/mol. The van der Waals surface area contributed by atoms with Crippen molar-refractivity contribution in [3.05, 3.63) is 34.7 Å². The van der Waals surface area contributed by atoms with Gasteiger partial charge in [-0.1, -0.05) is 0 Å². The average Bonchev–Trinajstić information content (AvgIpc) is 2.56. The lowest BCUT2D eigenvalue weighted by Gasteiger charge is -1.99. The first-order valence-electron chi connectivity index (χ1n) is 3.68. The highest BCUT2D eigenvalue weighted by atomic mass is 79.9. The van der Waals surface area contributed by atoms with E-state index in [1.165, 1.54) is 5.57 Å². The number of pyridine rings is 1. The number of nitrogens with zero attached hydrogens (tertiary/aromatic N) is 2. The summed E-state index contributed by atoms with van der Waals surface area (Å²) < 4.78 is 1.01. The van der Waals surface area contributed by atoms with Crippen LogP contribution in [0.4, 0.5) is 0 Å². The lowest BCUT2D eigenvalue weighted by molar-refractivity contribution is 1.28.